The van der Waals surface area contributed by atoms with Crippen LogP contribution in [0.15, 0.2) is 29.4 Å². The molecular weight excluding hydrogens is 815 g/mol. The number of hydrogen-bond donors (Lipinski definition) is 6. The van der Waals surface area contributed by atoms with Crippen molar-refractivity contribution in [1.29, 1.82) is 0 Å². The number of carbonyl (C=O) groups is 7. The van der Waals surface area contributed by atoms with Gasteiger partial charge in [-0.3, -0.25) is 28.5 Å². The van der Waals surface area contributed by atoms with Gasteiger partial charge in [0, 0.05) is 58.2 Å². The number of hydrogen-bond acceptors (Lipinski definition) is 14. The predicted octanol–water partition coefficient (Wildman–Crippen LogP) is 2.10. The highest BCUT2D eigenvalue weighted by Gasteiger charge is 2.48. The van der Waals surface area contributed by atoms with Crippen LogP contribution in [0.25, 0.3) is 10.4 Å². The third-order valence-electron chi connectivity index (χ3n) is 8.78. The Morgan fingerprint density at radius 2 is 1.84 bits per heavy atom. The Hall–Kier alpha value is -4.22. The standard InChI is InChI=1S/C32H43N9O11S4/c33-40-39-20-7-5-6-19(16-20)29(45)36-21(8-3-4-12-34-25(42)10-2-1-9-23-28-22(18-53-23)37-32(48)38-28)30(46)35-13-15-55-54-14-11-27(44)52-41-26(43)17-24(31(41)47)56(49,50)51/h5-7,16,21-24,28H,1-4,8-15,17-18H2,(H,34,42)(H,35,46)(H,36,45)(H2,37,38,48)(H,49,50,51). The van der Waals surface area contributed by atoms with Crippen molar-refractivity contribution in [1.82, 2.24) is 31.6 Å². The lowest BCUT2D eigenvalue weighted by Crippen LogP contribution is -2.47. The number of benzene rings is 1. The Balaban J connectivity index is 1.14. The first-order chi connectivity index (χ1) is 26.8. The predicted molar refractivity (Wildman–Crippen MR) is 208 cm³/mol. The number of nitrogens with one attached hydrogen (secondary N) is 5. The van der Waals surface area contributed by atoms with Gasteiger partial charge < -0.3 is 31.4 Å². The van der Waals surface area contributed by atoms with E-state index in [2.05, 4.69) is 41.4 Å². The zero-order valence-electron chi connectivity index (χ0n) is 30.0. The van der Waals surface area contributed by atoms with Crippen molar-refractivity contribution in [3.05, 3.63) is 40.3 Å². The van der Waals surface area contributed by atoms with Crippen LogP contribution in [0.3, 0.4) is 0 Å². The van der Waals surface area contributed by atoms with Crippen LogP contribution in [0.4, 0.5) is 10.5 Å². The van der Waals surface area contributed by atoms with Gasteiger partial charge in [0.05, 0.1) is 24.9 Å². The van der Waals surface area contributed by atoms with E-state index in [-0.39, 0.29) is 65.5 Å². The monoisotopic (exact) mass is 857 g/mol. The van der Waals surface area contributed by atoms with Crippen LogP contribution in [-0.4, -0.2) is 119 Å². The van der Waals surface area contributed by atoms with Crippen LogP contribution < -0.4 is 26.6 Å². The summed E-state index contributed by atoms with van der Waals surface area (Å²) in [6, 6.07) is 5.25. The number of fused-ring (bicyclic) bond motifs is 1. The van der Waals surface area contributed by atoms with Gasteiger partial charge in [0.2, 0.25) is 11.8 Å². The number of unbranched alkanes of at least 4 members (excludes halogenated alkanes) is 2. The molecule has 3 saturated heterocycles. The number of hydroxylamine groups is 2. The van der Waals surface area contributed by atoms with Crippen molar-refractivity contribution < 1.29 is 51.4 Å². The number of carbonyl (C=O) groups excluding carboxylic acids is 7. The van der Waals surface area contributed by atoms with Crippen molar-refractivity contribution in [2.45, 2.75) is 86.4 Å². The van der Waals surface area contributed by atoms with Gasteiger partial charge in [-0.2, -0.15) is 20.2 Å². The van der Waals surface area contributed by atoms with Crippen LogP contribution in [0.2, 0.25) is 0 Å². The molecular formula is C32H43N9O11S4. The summed E-state index contributed by atoms with van der Waals surface area (Å²) in [5.41, 5.74) is 9.16. The Labute approximate surface area is 334 Å². The minimum Gasteiger partial charge on any atom is -0.356 e. The quantitative estimate of drug-likeness (QED) is 0.0134. The molecule has 24 heteroatoms. The molecule has 0 aliphatic carbocycles. The minimum atomic E-state index is -4.83. The van der Waals surface area contributed by atoms with Crippen LogP contribution >= 0.6 is 33.3 Å². The third kappa shape index (κ3) is 13.8. The Bertz CT molecular complexity index is 1800. The molecule has 1 aromatic carbocycles. The van der Waals surface area contributed by atoms with E-state index in [1.807, 2.05) is 11.8 Å². The second-order valence-electron chi connectivity index (χ2n) is 12.9. The van der Waals surface area contributed by atoms with E-state index in [0.717, 1.165) is 25.0 Å². The molecule has 3 aliphatic heterocycles. The second-order valence-corrected chi connectivity index (χ2v) is 18.4. The van der Waals surface area contributed by atoms with Crippen LogP contribution in [0.1, 0.15) is 68.1 Å². The maximum Gasteiger partial charge on any atom is 0.334 e. The highest BCUT2D eigenvalue weighted by molar-refractivity contribution is 8.76. The van der Waals surface area contributed by atoms with Gasteiger partial charge in [0.25, 0.3) is 27.8 Å². The summed E-state index contributed by atoms with van der Waals surface area (Å²) in [6.45, 7) is 0.599. The number of nitrogens with zero attached hydrogens (tertiary/aromatic N) is 4. The van der Waals surface area contributed by atoms with Crippen molar-refractivity contribution in [2.24, 2.45) is 5.11 Å². The molecule has 5 atom stereocenters. The van der Waals surface area contributed by atoms with Crippen LogP contribution in [0, 0.1) is 0 Å². The van der Waals surface area contributed by atoms with Gasteiger partial charge in [0.1, 0.15) is 6.04 Å². The maximum absolute atomic E-state index is 13.2. The van der Waals surface area contributed by atoms with Gasteiger partial charge in [-0.25, -0.2) is 9.59 Å². The van der Waals surface area contributed by atoms with Crippen molar-refractivity contribution in [3.63, 3.8) is 0 Å². The van der Waals surface area contributed by atoms with Gasteiger partial charge in [-0.1, -0.05) is 45.3 Å². The molecule has 5 unspecified atom stereocenters. The molecule has 1 aromatic rings. The first-order valence-corrected chi connectivity index (χ1v) is 22.8. The summed E-state index contributed by atoms with van der Waals surface area (Å²) in [5, 5.41) is 16.2. The largest absolute Gasteiger partial charge is 0.356 e. The normalized spacial score (nSPS) is 20.7. The molecule has 3 heterocycles. The molecule has 6 N–H and O–H groups in total. The zero-order valence-corrected chi connectivity index (χ0v) is 33.3. The SMILES string of the molecule is [N-]=[N+]=Nc1cccc(C(=O)NC(CCCCNC(=O)CCCCC2SCC3NC(=O)NC32)C(=O)NCCSSCCC(=O)ON2C(=O)CC(S(=O)(=O)O)C2=O)c1. The smallest absolute Gasteiger partial charge is 0.334 e. The fourth-order valence-electron chi connectivity index (χ4n) is 5.98. The number of imide groups is 1. The van der Waals surface area contributed by atoms with Crippen LogP contribution in [-0.2, 0) is 38.9 Å². The number of rotatable bonds is 23. The van der Waals surface area contributed by atoms with Crippen molar-refractivity contribution >= 4 is 90.7 Å². The highest BCUT2D eigenvalue weighted by Crippen LogP contribution is 2.33. The molecule has 3 fully saturated rings. The average Bonchev–Trinajstić information content (AvgIpc) is 3.80. The lowest BCUT2D eigenvalue weighted by atomic mass is 10.0. The van der Waals surface area contributed by atoms with E-state index < -0.39 is 57.4 Å². The molecule has 0 aromatic heterocycles. The van der Waals surface area contributed by atoms with E-state index in [1.165, 1.54) is 39.8 Å². The van der Waals surface area contributed by atoms with E-state index in [4.69, 9.17) is 10.1 Å². The summed E-state index contributed by atoms with van der Waals surface area (Å²) in [5.74, 6) is -2.95. The topological polar surface area (TPSA) is 295 Å². The fourth-order valence-corrected chi connectivity index (χ4v) is 10.1. The Morgan fingerprint density at radius 3 is 2.59 bits per heavy atom. The Morgan fingerprint density at radius 1 is 1.05 bits per heavy atom. The minimum absolute atomic E-state index is 0.0433. The highest BCUT2D eigenvalue weighted by atomic mass is 33.1. The van der Waals surface area contributed by atoms with Crippen LogP contribution in [0.5, 0.6) is 0 Å². The number of thioether (sulfide) groups is 1. The molecule has 4 rings (SSSR count). The molecule has 20 nitrogen and oxygen atoms in total. The second kappa shape index (κ2) is 21.9. The van der Waals surface area contributed by atoms with E-state index in [9.17, 15) is 42.0 Å². The molecule has 3 aliphatic rings. The van der Waals surface area contributed by atoms with Crippen molar-refractivity contribution in [2.75, 3.05) is 30.3 Å². The molecule has 0 spiro atoms. The Kier molecular flexibility index (Phi) is 17.4. The summed E-state index contributed by atoms with van der Waals surface area (Å²) < 4.78 is 31.6. The van der Waals surface area contributed by atoms with Gasteiger partial charge >= 0.3 is 12.0 Å². The lowest BCUT2D eigenvalue weighted by molar-refractivity contribution is -0.197. The number of urea groups is 1. The summed E-state index contributed by atoms with van der Waals surface area (Å²) in [4.78, 5) is 93.6. The number of azide groups is 1. The first-order valence-electron chi connectivity index (χ1n) is 17.7. The third-order valence-corrected chi connectivity index (χ3v) is 13.8. The number of amides is 7. The maximum atomic E-state index is 13.2. The lowest BCUT2D eigenvalue weighted by Gasteiger charge is -2.19. The molecule has 306 valence electrons. The molecule has 0 saturated carbocycles. The van der Waals surface area contributed by atoms with E-state index >= 15 is 0 Å². The van der Waals surface area contributed by atoms with E-state index in [0.29, 0.717) is 36.8 Å². The molecule has 7 amide bonds. The zero-order chi connectivity index (χ0) is 40.7. The molecule has 0 radical (unpaired) electrons. The first kappa shape index (κ1) is 44.5. The van der Waals surface area contributed by atoms with E-state index in [1.54, 1.807) is 6.07 Å². The van der Waals surface area contributed by atoms with Gasteiger partial charge in [0.15, 0.2) is 5.25 Å². The fraction of sp³-hybridized carbons (Fsp3) is 0.594. The summed E-state index contributed by atoms with van der Waals surface area (Å²) in [6.07, 6.45) is 3.17. The van der Waals surface area contributed by atoms with Crippen molar-refractivity contribution in [3.8, 4) is 0 Å². The van der Waals surface area contributed by atoms with Gasteiger partial charge in [-0.15, -0.1) is 5.06 Å². The molecule has 56 heavy (non-hydrogen) atoms. The average molecular weight is 858 g/mol. The van der Waals surface area contributed by atoms with Gasteiger partial charge in [-0.05, 0) is 49.8 Å². The summed E-state index contributed by atoms with van der Waals surface area (Å²) >= 11 is 1.84. The molecule has 0 bridgehead atoms. The summed E-state index contributed by atoms with van der Waals surface area (Å²) in [7, 11) is -2.29.